The van der Waals surface area contributed by atoms with Gasteiger partial charge in [0.1, 0.15) is 12.1 Å². The fourth-order valence-electron chi connectivity index (χ4n) is 3.68. The number of hydrogen-bond acceptors (Lipinski definition) is 4. The van der Waals surface area contributed by atoms with Crippen LogP contribution in [0.2, 0.25) is 0 Å². The van der Waals surface area contributed by atoms with E-state index >= 15 is 0 Å². The number of benzene rings is 2. The van der Waals surface area contributed by atoms with Gasteiger partial charge in [-0.05, 0) is 36.1 Å². The normalized spacial score (nSPS) is 21.8. The van der Waals surface area contributed by atoms with E-state index in [-0.39, 0.29) is 11.5 Å². The van der Waals surface area contributed by atoms with Crippen LogP contribution in [0.25, 0.3) is 11.1 Å². The van der Waals surface area contributed by atoms with Crippen LogP contribution in [0.3, 0.4) is 0 Å². The van der Waals surface area contributed by atoms with Crippen molar-refractivity contribution in [2.45, 2.75) is 24.4 Å². The standard InChI is InChI=1S/C21H20BrN3O/c22-17-8-6-15(7-9-17)19-12-23-14-25-20(19)24-13-21(10-18(26)11-21)16-4-2-1-3-5-16/h1-9,12,14,18,26H,10-11,13H2,(H,23,24,25). The lowest BCUT2D eigenvalue weighted by Crippen LogP contribution is -2.49. The third kappa shape index (κ3) is 3.37. The van der Waals surface area contributed by atoms with E-state index in [0.717, 1.165) is 40.8 Å². The molecule has 4 rings (SSSR count). The summed E-state index contributed by atoms with van der Waals surface area (Å²) >= 11 is 3.47. The number of rotatable bonds is 5. The largest absolute Gasteiger partial charge is 0.393 e. The fourth-order valence-corrected chi connectivity index (χ4v) is 3.94. The molecule has 4 nitrogen and oxygen atoms in total. The van der Waals surface area contributed by atoms with Crippen LogP contribution < -0.4 is 5.32 Å². The van der Waals surface area contributed by atoms with Crippen molar-refractivity contribution in [1.82, 2.24) is 9.97 Å². The van der Waals surface area contributed by atoms with E-state index in [2.05, 4.69) is 55.5 Å². The lowest BCUT2D eigenvalue weighted by Gasteiger charge is -2.46. The van der Waals surface area contributed by atoms with Crippen molar-refractivity contribution in [2.75, 3.05) is 11.9 Å². The summed E-state index contributed by atoms with van der Waals surface area (Å²) in [5.74, 6) is 0.819. The van der Waals surface area contributed by atoms with Crippen LogP contribution in [0.5, 0.6) is 0 Å². The second-order valence-corrected chi connectivity index (χ2v) is 7.77. The van der Waals surface area contributed by atoms with E-state index in [4.69, 9.17) is 0 Å². The van der Waals surface area contributed by atoms with Crippen molar-refractivity contribution in [3.05, 3.63) is 77.2 Å². The van der Waals surface area contributed by atoms with E-state index in [0.29, 0.717) is 0 Å². The van der Waals surface area contributed by atoms with Crippen LogP contribution in [-0.4, -0.2) is 27.7 Å². The number of anilines is 1. The third-order valence-electron chi connectivity index (χ3n) is 5.10. The Morgan fingerprint density at radius 1 is 1.08 bits per heavy atom. The van der Waals surface area contributed by atoms with Crippen molar-refractivity contribution in [1.29, 1.82) is 0 Å². The zero-order valence-electron chi connectivity index (χ0n) is 14.3. The number of aliphatic hydroxyl groups is 1. The Hall–Kier alpha value is -2.24. The zero-order valence-corrected chi connectivity index (χ0v) is 15.9. The fraction of sp³-hybridized carbons (Fsp3) is 0.238. The second-order valence-electron chi connectivity index (χ2n) is 6.85. The molecule has 0 atom stereocenters. The Kier molecular flexibility index (Phi) is 4.74. The minimum Gasteiger partial charge on any atom is -0.393 e. The number of nitrogens with zero attached hydrogens (tertiary/aromatic N) is 2. The third-order valence-corrected chi connectivity index (χ3v) is 5.63. The predicted octanol–water partition coefficient (Wildman–Crippen LogP) is 4.41. The smallest absolute Gasteiger partial charge is 0.137 e. The van der Waals surface area contributed by atoms with E-state index in [9.17, 15) is 5.11 Å². The summed E-state index contributed by atoms with van der Waals surface area (Å²) in [5, 5.41) is 13.5. The number of aliphatic hydroxyl groups excluding tert-OH is 1. The van der Waals surface area contributed by atoms with Crippen LogP contribution >= 0.6 is 15.9 Å². The Morgan fingerprint density at radius 2 is 1.81 bits per heavy atom. The molecule has 26 heavy (non-hydrogen) atoms. The summed E-state index contributed by atoms with van der Waals surface area (Å²) in [5.41, 5.74) is 3.25. The molecule has 1 heterocycles. The molecule has 0 unspecified atom stereocenters. The lowest BCUT2D eigenvalue weighted by molar-refractivity contribution is 0.0242. The van der Waals surface area contributed by atoms with E-state index in [1.807, 2.05) is 36.5 Å². The first-order valence-electron chi connectivity index (χ1n) is 8.70. The first-order valence-corrected chi connectivity index (χ1v) is 9.49. The summed E-state index contributed by atoms with van der Waals surface area (Å²) in [6.07, 6.45) is 4.71. The van der Waals surface area contributed by atoms with Crippen LogP contribution in [0.1, 0.15) is 18.4 Å². The quantitative estimate of drug-likeness (QED) is 0.654. The van der Waals surface area contributed by atoms with Gasteiger partial charge in [0.15, 0.2) is 0 Å². The molecule has 0 amide bonds. The summed E-state index contributed by atoms with van der Waals surface area (Å²) in [6, 6.07) is 18.5. The van der Waals surface area contributed by atoms with Gasteiger partial charge in [0.25, 0.3) is 0 Å². The number of halogens is 1. The highest BCUT2D eigenvalue weighted by Gasteiger charge is 2.44. The van der Waals surface area contributed by atoms with Crippen LogP contribution in [-0.2, 0) is 5.41 Å². The zero-order chi connectivity index (χ0) is 18.0. The topological polar surface area (TPSA) is 58.0 Å². The van der Waals surface area contributed by atoms with Gasteiger partial charge in [0, 0.05) is 28.2 Å². The number of hydrogen-bond donors (Lipinski definition) is 2. The average Bonchev–Trinajstić information content (AvgIpc) is 2.66. The Morgan fingerprint density at radius 3 is 2.50 bits per heavy atom. The molecule has 1 fully saturated rings. The molecular formula is C21H20BrN3O. The Balaban J connectivity index is 1.59. The van der Waals surface area contributed by atoms with Gasteiger partial charge in [-0.1, -0.05) is 58.4 Å². The molecule has 0 spiro atoms. The molecule has 2 N–H and O–H groups in total. The number of aromatic nitrogens is 2. The molecule has 0 saturated heterocycles. The molecule has 0 aliphatic heterocycles. The van der Waals surface area contributed by atoms with Crippen molar-refractivity contribution < 1.29 is 5.11 Å². The summed E-state index contributed by atoms with van der Waals surface area (Å²) < 4.78 is 1.04. The molecule has 1 aliphatic rings. The maximum Gasteiger partial charge on any atom is 0.137 e. The van der Waals surface area contributed by atoms with Gasteiger partial charge in [-0.25, -0.2) is 9.97 Å². The minimum absolute atomic E-state index is 0.0530. The first kappa shape index (κ1) is 17.2. The minimum atomic E-state index is -0.228. The lowest BCUT2D eigenvalue weighted by atomic mass is 9.62. The van der Waals surface area contributed by atoms with Gasteiger partial charge in [0.05, 0.1) is 6.10 Å². The molecule has 132 valence electrons. The van der Waals surface area contributed by atoms with Gasteiger partial charge in [-0.15, -0.1) is 0 Å². The summed E-state index contributed by atoms with van der Waals surface area (Å²) in [4.78, 5) is 8.65. The maximum atomic E-state index is 9.94. The average molecular weight is 410 g/mol. The second kappa shape index (κ2) is 7.17. The molecule has 1 saturated carbocycles. The monoisotopic (exact) mass is 409 g/mol. The molecule has 5 heteroatoms. The van der Waals surface area contributed by atoms with Gasteiger partial charge in [-0.3, -0.25) is 0 Å². The highest BCUT2D eigenvalue weighted by molar-refractivity contribution is 9.10. The predicted molar refractivity (Wildman–Crippen MR) is 107 cm³/mol. The van der Waals surface area contributed by atoms with Crippen molar-refractivity contribution in [3.63, 3.8) is 0 Å². The van der Waals surface area contributed by atoms with Crippen LogP contribution in [0.4, 0.5) is 5.82 Å². The van der Waals surface area contributed by atoms with E-state index < -0.39 is 0 Å². The highest BCUT2D eigenvalue weighted by atomic mass is 79.9. The molecule has 3 aromatic rings. The molecule has 2 aromatic carbocycles. The maximum absolute atomic E-state index is 9.94. The molecule has 1 aliphatic carbocycles. The number of nitrogens with one attached hydrogen (secondary N) is 1. The Bertz CT molecular complexity index is 877. The van der Waals surface area contributed by atoms with Crippen molar-refractivity contribution >= 4 is 21.7 Å². The Labute approximate surface area is 161 Å². The van der Waals surface area contributed by atoms with Gasteiger partial charge in [0.2, 0.25) is 0 Å². The van der Waals surface area contributed by atoms with Gasteiger partial charge in [-0.2, -0.15) is 0 Å². The molecule has 1 aromatic heterocycles. The SMILES string of the molecule is OC1CC(CNc2ncncc2-c2ccc(Br)cc2)(c2ccccc2)C1. The van der Waals surface area contributed by atoms with E-state index in [1.165, 1.54) is 5.56 Å². The molecule has 0 bridgehead atoms. The molecule has 0 radical (unpaired) electrons. The van der Waals surface area contributed by atoms with Crippen molar-refractivity contribution in [2.24, 2.45) is 0 Å². The van der Waals surface area contributed by atoms with Gasteiger partial charge < -0.3 is 10.4 Å². The summed E-state index contributed by atoms with van der Waals surface area (Å²) in [6.45, 7) is 0.731. The van der Waals surface area contributed by atoms with E-state index in [1.54, 1.807) is 6.33 Å². The van der Waals surface area contributed by atoms with Crippen LogP contribution in [0, 0.1) is 0 Å². The molecular weight excluding hydrogens is 390 g/mol. The van der Waals surface area contributed by atoms with Crippen LogP contribution in [0.15, 0.2) is 71.6 Å². The highest BCUT2D eigenvalue weighted by Crippen LogP contribution is 2.44. The summed E-state index contributed by atoms with van der Waals surface area (Å²) in [7, 11) is 0. The van der Waals surface area contributed by atoms with Crippen molar-refractivity contribution in [3.8, 4) is 11.1 Å². The van der Waals surface area contributed by atoms with Gasteiger partial charge >= 0.3 is 0 Å². The first-order chi connectivity index (χ1) is 12.7.